The average Bonchev–Trinajstić information content (AvgIpc) is 2.69. The van der Waals surface area contributed by atoms with Crippen LogP contribution in [0.4, 0.5) is 5.69 Å². The molecule has 19 heavy (non-hydrogen) atoms. The second kappa shape index (κ2) is 4.01. The molecule has 2 N–H and O–H groups in total. The van der Waals surface area contributed by atoms with E-state index in [0.717, 1.165) is 21.5 Å². The molecule has 0 saturated heterocycles. The highest BCUT2D eigenvalue weighted by atomic mass is 14.6. The molecule has 3 nitrogen and oxygen atoms in total. The minimum atomic E-state index is 0.440. The molecular weight excluding hydrogens is 234 g/mol. The Morgan fingerprint density at radius 1 is 0.789 bits per heavy atom. The molecule has 0 spiro atoms. The minimum absolute atomic E-state index is 0.440. The fourth-order valence-electron chi connectivity index (χ4n) is 2.47. The minimum Gasteiger partial charge on any atom is -0.397 e. The van der Waals surface area contributed by atoms with Crippen LogP contribution in [0, 0.1) is 22.7 Å². The van der Waals surface area contributed by atoms with Gasteiger partial charge in [-0.05, 0) is 11.5 Å². The van der Waals surface area contributed by atoms with Gasteiger partial charge in [-0.2, -0.15) is 10.5 Å². The summed E-state index contributed by atoms with van der Waals surface area (Å²) in [4.78, 5) is 0. The van der Waals surface area contributed by atoms with E-state index in [9.17, 15) is 10.5 Å². The van der Waals surface area contributed by atoms with E-state index in [-0.39, 0.29) is 0 Å². The van der Waals surface area contributed by atoms with Gasteiger partial charge in [0.15, 0.2) is 0 Å². The molecule has 0 bridgehead atoms. The smallest absolute Gasteiger partial charge is 0.102 e. The van der Waals surface area contributed by atoms with Gasteiger partial charge < -0.3 is 5.73 Å². The highest BCUT2D eigenvalue weighted by Crippen LogP contribution is 2.36. The Balaban J connectivity index is 2.74. The molecule has 0 saturated carbocycles. The van der Waals surface area contributed by atoms with Crippen LogP contribution in [0.1, 0.15) is 11.1 Å². The lowest BCUT2D eigenvalue weighted by Crippen LogP contribution is -1.92. The Morgan fingerprint density at radius 3 is 2.21 bits per heavy atom. The van der Waals surface area contributed by atoms with Crippen molar-refractivity contribution in [3.63, 3.8) is 0 Å². The van der Waals surface area contributed by atoms with E-state index in [1.807, 2.05) is 30.3 Å². The Hall–Kier alpha value is -3.04. The van der Waals surface area contributed by atoms with Crippen LogP contribution in [0.25, 0.3) is 21.5 Å². The molecular formula is C16H9N3. The lowest BCUT2D eigenvalue weighted by atomic mass is 9.99. The molecule has 3 rings (SSSR count). The summed E-state index contributed by atoms with van der Waals surface area (Å²) >= 11 is 0. The van der Waals surface area contributed by atoms with Crippen LogP contribution in [0.15, 0.2) is 42.5 Å². The van der Waals surface area contributed by atoms with Crippen molar-refractivity contribution in [1.29, 1.82) is 10.5 Å². The first kappa shape index (κ1) is 11.1. The number of hydrogen-bond acceptors (Lipinski definition) is 3. The molecule has 0 amide bonds. The predicted molar refractivity (Wildman–Crippen MR) is 75.3 cm³/mol. The first-order valence-electron chi connectivity index (χ1n) is 5.81. The van der Waals surface area contributed by atoms with Crippen molar-refractivity contribution < 1.29 is 0 Å². The Kier molecular flexibility index (Phi) is 2.34. The molecule has 3 aromatic rings. The van der Waals surface area contributed by atoms with Crippen LogP contribution in [0.3, 0.4) is 0 Å². The van der Waals surface area contributed by atoms with Crippen molar-refractivity contribution in [3.05, 3.63) is 53.6 Å². The number of nitrogens with two attached hydrogens (primary N) is 1. The topological polar surface area (TPSA) is 73.6 Å². The van der Waals surface area contributed by atoms with E-state index in [1.54, 1.807) is 12.1 Å². The summed E-state index contributed by atoms with van der Waals surface area (Å²) in [6.45, 7) is 0. The van der Waals surface area contributed by atoms with Crippen molar-refractivity contribution in [2.24, 2.45) is 0 Å². The molecule has 0 aliphatic carbocycles. The molecule has 3 aromatic carbocycles. The average molecular weight is 243 g/mol. The number of fused-ring (bicyclic) bond motifs is 3. The first-order valence-corrected chi connectivity index (χ1v) is 5.81. The van der Waals surface area contributed by atoms with Crippen LogP contribution in [0.5, 0.6) is 0 Å². The molecule has 3 heteroatoms. The lowest BCUT2D eigenvalue weighted by Gasteiger charge is -2.05. The zero-order valence-electron chi connectivity index (χ0n) is 10.0. The number of nitrogens with zero attached hydrogens (tertiary/aromatic N) is 2. The van der Waals surface area contributed by atoms with Gasteiger partial charge in [0.1, 0.15) is 6.07 Å². The van der Waals surface area contributed by atoms with Crippen LogP contribution in [-0.2, 0) is 0 Å². The second-order valence-electron chi connectivity index (χ2n) is 4.29. The van der Waals surface area contributed by atoms with Crippen molar-refractivity contribution in [2.75, 3.05) is 5.73 Å². The summed E-state index contributed by atoms with van der Waals surface area (Å²) in [5, 5.41) is 21.8. The molecule has 0 aliphatic heterocycles. The fourth-order valence-corrected chi connectivity index (χ4v) is 2.47. The summed E-state index contributed by atoms with van der Waals surface area (Å²) in [5.74, 6) is 0. The van der Waals surface area contributed by atoms with E-state index in [4.69, 9.17) is 5.73 Å². The van der Waals surface area contributed by atoms with E-state index in [0.29, 0.717) is 16.8 Å². The standard InChI is InChI=1S/C16H9N3/c17-8-10-6-7-12-14(9-18)16(19)13-5-3-1-2-4-11(13)15(10)12/h1-7H,19H2. The maximum atomic E-state index is 9.31. The zero-order chi connectivity index (χ0) is 13.4. The molecule has 0 atom stereocenters. The van der Waals surface area contributed by atoms with E-state index >= 15 is 0 Å². The third kappa shape index (κ3) is 1.43. The molecule has 0 fully saturated rings. The van der Waals surface area contributed by atoms with Gasteiger partial charge in [-0.15, -0.1) is 0 Å². The second-order valence-corrected chi connectivity index (χ2v) is 4.29. The summed E-state index contributed by atoms with van der Waals surface area (Å²) in [7, 11) is 0. The highest BCUT2D eigenvalue weighted by Gasteiger charge is 2.14. The number of nitriles is 2. The number of nitrogen functional groups attached to an aromatic ring is 1. The van der Waals surface area contributed by atoms with Crippen molar-refractivity contribution in [3.8, 4) is 12.1 Å². The summed E-state index contributed by atoms with van der Waals surface area (Å²) < 4.78 is 0. The van der Waals surface area contributed by atoms with Crippen molar-refractivity contribution in [2.45, 2.75) is 0 Å². The third-order valence-corrected chi connectivity index (χ3v) is 3.32. The van der Waals surface area contributed by atoms with Crippen molar-refractivity contribution in [1.82, 2.24) is 0 Å². The molecule has 88 valence electrons. The Morgan fingerprint density at radius 2 is 1.53 bits per heavy atom. The molecule has 0 aromatic heterocycles. The maximum absolute atomic E-state index is 9.31. The number of benzene rings is 1. The van der Waals surface area contributed by atoms with Crippen LogP contribution in [-0.4, -0.2) is 0 Å². The van der Waals surface area contributed by atoms with E-state index in [2.05, 4.69) is 12.1 Å². The Bertz CT molecular complexity index is 896. The molecule has 0 unspecified atom stereocenters. The number of rotatable bonds is 0. The normalized spacial score (nSPS) is 10.2. The van der Waals surface area contributed by atoms with Gasteiger partial charge in [0.25, 0.3) is 0 Å². The first-order chi connectivity index (χ1) is 9.27. The van der Waals surface area contributed by atoms with Crippen molar-refractivity contribution >= 4 is 27.2 Å². The summed E-state index contributed by atoms with van der Waals surface area (Å²) in [6.07, 6.45) is 0. The van der Waals surface area contributed by atoms with Gasteiger partial charge in [-0.3, -0.25) is 0 Å². The van der Waals surface area contributed by atoms with Gasteiger partial charge in [-0.25, -0.2) is 0 Å². The number of anilines is 1. The summed E-state index contributed by atoms with van der Waals surface area (Å²) in [5.41, 5.74) is 7.58. The van der Waals surface area contributed by atoms with Crippen LogP contribution < -0.4 is 5.73 Å². The van der Waals surface area contributed by atoms with Gasteiger partial charge in [0.05, 0.1) is 22.9 Å². The largest absolute Gasteiger partial charge is 0.397 e. The number of hydrogen-bond donors (Lipinski definition) is 1. The predicted octanol–water partition coefficient (Wildman–Crippen LogP) is 3.32. The monoisotopic (exact) mass is 243 g/mol. The molecule has 0 radical (unpaired) electrons. The van der Waals surface area contributed by atoms with Crippen LogP contribution in [0.2, 0.25) is 0 Å². The van der Waals surface area contributed by atoms with Gasteiger partial charge in [0, 0.05) is 16.2 Å². The lowest BCUT2D eigenvalue weighted by molar-refractivity contribution is 1.51. The fraction of sp³-hybridized carbons (Fsp3) is 0. The van der Waals surface area contributed by atoms with Gasteiger partial charge in [-0.1, -0.05) is 36.4 Å². The zero-order valence-corrected chi connectivity index (χ0v) is 10.0. The highest BCUT2D eigenvalue weighted by molar-refractivity contribution is 6.17. The third-order valence-electron chi connectivity index (χ3n) is 3.32. The Labute approximate surface area is 110 Å². The van der Waals surface area contributed by atoms with Crippen LogP contribution >= 0.6 is 0 Å². The molecule has 0 aliphatic rings. The van der Waals surface area contributed by atoms with E-state index < -0.39 is 0 Å². The summed E-state index contributed by atoms with van der Waals surface area (Å²) in [6, 6.07) is 17.3. The SMILES string of the molecule is N#Cc1c(N)c2cccccc2c2c(C#N)ccc12. The van der Waals surface area contributed by atoms with Gasteiger partial charge >= 0.3 is 0 Å². The molecule has 0 heterocycles. The quantitative estimate of drug-likeness (QED) is 0.615. The maximum Gasteiger partial charge on any atom is 0.102 e. The van der Waals surface area contributed by atoms with E-state index in [1.165, 1.54) is 0 Å². The van der Waals surface area contributed by atoms with Gasteiger partial charge in [0.2, 0.25) is 0 Å².